The van der Waals surface area contributed by atoms with E-state index >= 15 is 0 Å². The summed E-state index contributed by atoms with van der Waals surface area (Å²) in [6.45, 7) is 4.77. The van der Waals surface area contributed by atoms with E-state index in [2.05, 4.69) is 15.1 Å². The Bertz CT molecular complexity index is 1030. The molecule has 4 rings (SSSR count). The molecule has 1 aliphatic rings. The number of piperidine rings is 1. The second-order valence-corrected chi connectivity index (χ2v) is 7.51. The second kappa shape index (κ2) is 7.20. The number of carbonyl (C=O) groups is 1. The lowest BCUT2D eigenvalue weighted by atomic mass is 9.94. The molecule has 1 atom stereocenters. The van der Waals surface area contributed by atoms with Crippen molar-refractivity contribution >= 4 is 16.9 Å². The summed E-state index contributed by atoms with van der Waals surface area (Å²) in [5, 5.41) is 3.89. The van der Waals surface area contributed by atoms with E-state index in [9.17, 15) is 18.0 Å². The molecule has 3 aromatic rings. The minimum Gasteiger partial charge on any atom is -0.361 e. The van der Waals surface area contributed by atoms with Gasteiger partial charge in [-0.2, -0.15) is 13.2 Å². The maximum Gasteiger partial charge on any atom is 0.433 e. The summed E-state index contributed by atoms with van der Waals surface area (Å²) in [5.41, 5.74) is 2.27. The fourth-order valence-electron chi connectivity index (χ4n) is 3.88. The number of H-pyrrole nitrogens is 1. The Balaban J connectivity index is 1.51. The van der Waals surface area contributed by atoms with Crippen molar-refractivity contribution in [3.05, 3.63) is 46.6 Å². The molecule has 0 saturated carbocycles. The van der Waals surface area contributed by atoms with Gasteiger partial charge in [-0.15, -0.1) is 0 Å². The monoisotopic (exact) mass is 406 g/mol. The number of likely N-dealkylation sites (tertiary alicyclic amines) is 1. The van der Waals surface area contributed by atoms with E-state index in [0.717, 1.165) is 30.2 Å². The van der Waals surface area contributed by atoms with Crippen molar-refractivity contribution in [2.24, 2.45) is 0 Å². The molecule has 4 heterocycles. The summed E-state index contributed by atoms with van der Waals surface area (Å²) in [7, 11) is 0. The van der Waals surface area contributed by atoms with Crippen LogP contribution in [0, 0.1) is 13.8 Å². The van der Waals surface area contributed by atoms with Gasteiger partial charge in [0.05, 0.1) is 23.1 Å². The van der Waals surface area contributed by atoms with Crippen LogP contribution in [0.15, 0.2) is 22.7 Å². The number of halogens is 3. The molecule has 0 aliphatic carbocycles. The highest BCUT2D eigenvalue weighted by Gasteiger charge is 2.33. The second-order valence-electron chi connectivity index (χ2n) is 7.51. The molecule has 0 unspecified atom stereocenters. The highest BCUT2D eigenvalue weighted by molar-refractivity contribution is 5.80. The standard InChI is InChI=1S/C20H21F3N4O2/c1-11-14(12(2)29-26-11)8-19(28)27-7-3-4-13(10-27)16-9-17-15(24-16)5-6-18(25-17)20(21,22)23/h5-6,9,13,24H,3-4,7-8,10H2,1-2H3/t13-/m0/s1. The Morgan fingerprint density at radius 3 is 2.83 bits per heavy atom. The molecule has 1 amide bonds. The molecule has 0 spiro atoms. The topological polar surface area (TPSA) is 75.0 Å². The molecule has 154 valence electrons. The van der Waals surface area contributed by atoms with Crippen LogP contribution in [0.2, 0.25) is 0 Å². The number of aromatic amines is 1. The smallest absolute Gasteiger partial charge is 0.361 e. The van der Waals surface area contributed by atoms with E-state index in [4.69, 9.17) is 4.52 Å². The van der Waals surface area contributed by atoms with Gasteiger partial charge in [-0.3, -0.25) is 4.79 Å². The number of nitrogens with one attached hydrogen (secondary N) is 1. The van der Waals surface area contributed by atoms with Gasteiger partial charge >= 0.3 is 6.18 Å². The molecule has 29 heavy (non-hydrogen) atoms. The maximum atomic E-state index is 12.9. The zero-order valence-electron chi connectivity index (χ0n) is 16.1. The summed E-state index contributed by atoms with van der Waals surface area (Å²) < 4.78 is 43.8. The van der Waals surface area contributed by atoms with Crippen molar-refractivity contribution in [1.29, 1.82) is 0 Å². The van der Waals surface area contributed by atoms with Crippen molar-refractivity contribution in [2.45, 2.75) is 45.2 Å². The third-order valence-corrected chi connectivity index (χ3v) is 5.51. The van der Waals surface area contributed by atoms with Gasteiger partial charge in [0.15, 0.2) is 0 Å². The lowest BCUT2D eigenvalue weighted by Crippen LogP contribution is -2.40. The molecule has 1 aliphatic heterocycles. The number of hydrogen-bond donors (Lipinski definition) is 1. The largest absolute Gasteiger partial charge is 0.433 e. The van der Waals surface area contributed by atoms with Gasteiger partial charge in [0.1, 0.15) is 11.5 Å². The third kappa shape index (κ3) is 3.86. The predicted molar refractivity (Wildman–Crippen MR) is 99.3 cm³/mol. The summed E-state index contributed by atoms with van der Waals surface area (Å²) in [4.78, 5) is 21.5. The lowest BCUT2D eigenvalue weighted by Gasteiger charge is -2.32. The fourth-order valence-corrected chi connectivity index (χ4v) is 3.88. The van der Waals surface area contributed by atoms with Crippen molar-refractivity contribution in [3.8, 4) is 0 Å². The van der Waals surface area contributed by atoms with E-state index in [-0.39, 0.29) is 23.8 Å². The molecule has 1 N–H and O–H groups in total. The predicted octanol–water partition coefficient (Wildman–Crippen LogP) is 4.14. The summed E-state index contributed by atoms with van der Waals surface area (Å²) in [6.07, 6.45) is -2.56. The molecule has 3 aromatic heterocycles. The molecule has 6 nitrogen and oxygen atoms in total. The number of hydrogen-bond acceptors (Lipinski definition) is 4. The first-order valence-corrected chi connectivity index (χ1v) is 9.48. The van der Waals surface area contributed by atoms with Crippen molar-refractivity contribution in [2.75, 3.05) is 13.1 Å². The van der Waals surface area contributed by atoms with Gasteiger partial charge in [-0.1, -0.05) is 5.16 Å². The number of pyridine rings is 1. The van der Waals surface area contributed by atoms with E-state index in [0.29, 0.717) is 30.1 Å². The van der Waals surface area contributed by atoms with Crippen LogP contribution in [0.1, 0.15) is 47.2 Å². The molecular weight excluding hydrogens is 385 g/mol. The Kier molecular flexibility index (Phi) is 4.84. The average Bonchev–Trinajstić information content (AvgIpc) is 3.25. The summed E-state index contributed by atoms with van der Waals surface area (Å²) in [6, 6.07) is 4.04. The highest BCUT2D eigenvalue weighted by Crippen LogP contribution is 2.32. The summed E-state index contributed by atoms with van der Waals surface area (Å²) in [5.74, 6) is 0.671. The van der Waals surface area contributed by atoms with E-state index in [1.807, 2.05) is 6.92 Å². The van der Waals surface area contributed by atoms with Crippen LogP contribution < -0.4 is 0 Å². The number of fused-ring (bicyclic) bond motifs is 1. The molecule has 9 heteroatoms. The van der Waals surface area contributed by atoms with E-state index < -0.39 is 11.9 Å². The molecule has 0 radical (unpaired) electrons. The van der Waals surface area contributed by atoms with Crippen LogP contribution in [0.25, 0.3) is 11.0 Å². The normalized spacial score (nSPS) is 17.8. The van der Waals surface area contributed by atoms with Gasteiger partial charge in [-0.25, -0.2) is 4.98 Å². The minimum atomic E-state index is -4.47. The van der Waals surface area contributed by atoms with Crippen LogP contribution in [-0.4, -0.2) is 39.0 Å². The first-order valence-electron chi connectivity index (χ1n) is 9.48. The average molecular weight is 406 g/mol. The van der Waals surface area contributed by atoms with Crippen molar-refractivity contribution in [1.82, 2.24) is 20.0 Å². The number of rotatable bonds is 3. The number of carbonyl (C=O) groups excluding carboxylic acids is 1. The minimum absolute atomic E-state index is 0.00214. The van der Waals surface area contributed by atoms with Crippen LogP contribution in [0.3, 0.4) is 0 Å². The molecule has 0 bridgehead atoms. The van der Waals surface area contributed by atoms with Crippen LogP contribution in [0.5, 0.6) is 0 Å². The molecular formula is C20H21F3N4O2. The number of amides is 1. The van der Waals surface area contributed by atoms with E-state index in [1.54, 1.807) is 17.9 Å². The third-order valence-electron chi connectivity index (χ3n) is 5.51. The van der Waals surface area contributed by atoms with E-state index in [1.165, 1.54) is 6.07 Å². The number of aryl methyl sites for hydroxylation is 2. The quantitative estimate of drug-likeness (QED) is 0.710. The number of aromatic nitrogens is 3. The molecule has 1 fully saturated rings. The van der Waals surface area contributed by atoms with Crippen LogP contribution in [0.4, 0.5) is 13.2 Å². The number of nitrogens with zero attached hydrogens (tertiary/aromatic N) is 3. The first kappa shape index (κ1) is 19.5. The van der Waals surface area contributed by atoms with Crippen molar-refractivity contribution < 1.29 is 22.5 Å². The zero-order chi connectivity index (χ0) is 20.8. The van der Waals surface area contributed by atoms with Gasteiger partial charge in [-0.05, 0) is 44.9 Å². The SMILES string of the molecule is Cc1noc(C)c1CC(=O)N1CCC[C@H](c2cc3nc(C(F)(F)F)ccc3[nH]2)C1. The van der Waals surface area contributed by atoms with Gasteiger partial charge in [0, 0.05) is 30.3 Å². The zero-order valence-corrected chi connectivity index (χ0v) is 16.1. The van der Waals surface area contributed by atoms with Crippen molar-refractivity contribution in [3.63, 3.8) is 0 Å². The van der Waals surface area contributed by atoms with Crippen LogP contribution >= 0.6 is 0 Å². The Hall–Kier alpha value is -2.84. The van der Waals surface area contributed by atoms with Crippen LogP contribution in [-0.2, 0) is 17.4 Å². The molecule has 1 saturated heterocycles. The van der Waals surface area contributed by atoms with Gasteiger partial charge in [0.25, 0.3) is 0 Å². The molecule has 0 aromatic carbocycles. The lowest BCUT2D eigenvalue weighted by molar-refractivity contribution is -0.141. The highest BCUT2D eigenvalue weighted by atomic mass is 19.4. The summed E-state index contributed by atoms with van der Waals surface area (Å²) >= 11 is 0. The Morgan fingerprint density at radius 1 is 1.34 bits per heavy atom. The maximum absolute atomic E-state index is 12.9. The van der Waals surface area contributed by atoms with Gasteiger partial charge in [0.2, 0.25) is 5.91 Å². The Morgan fingerprint density at radius 2 is 2.14 bits per heavy atom. The fraction of sp³-hybridized carbons (Fsp3) is 0.450. The first-order chi connectivity index (χ1) is 13.7. The number of alkyl halides is 3. The van der Waals surface area contributed by atoms with Gasteiger partial charge < -0.3 is 14.4 Å². The Labute approximate surface area is 165 Å².